The Labute approximate surface area is 123 Å². The van der Waals surface area contributed by atoms with Crippen molar-refractivity contribution in [2.24, 2.45) is 5.92 Å². The van der Waals surface area contributed by atoms with Gasteiger partial charge < -0.3 is 5.32 Å². The van der Waals surface area contributed by atoms with Crippen molar-refractivity contribution in [1.82, 2.24) is 10.0 Å². The van der Waals surface area contributed by atoms with Crippen LogP contribution in [0.2, 0.25) is 0 Å². The molecule has 1 rings (SSSR count). The Hall–Kier alpha value is -0.910. The molecule has 0 amide bonds. The molecule has 1 unspecified atom stereocenters. The van der Waals surface area contributed by atoms with Gasteiger partial charge in [-0.15, -0.1) is 0 Å². The summed E-state index contributed by atoms with van der Waals surface area (Å²) in [5.41, 5.74) is 0.804. The van der Waals surface area contributed by atoms with Gasteiger partial charge in [0.15, 0.2) is 0 Å². The first-order valence-corrected chi connectivity index (χ1v) is 8.66. The topological polar surface area (TPSA) is 58.2 Å². The monoisotopic (exact) mass is 298 g/mol. The van der Waals surface area contributed by atoms with Crippen molar-refractivity contribution in [3.8, 4) is 0 Å². The maximum Gasteiger partial charge on any atom is 0.241 e. The van der Waals surface area contributed by atoms with Crippen molar-refractivity contribution in [2.75, 3.05) is 6.54 Å². The fourth-order valence-electron chi connectivity index (χ4n) is 2.26. The van der Waals surface area contributed by atoms with E-state index < -0.39 is 10.0 Å². The number of rotatable bonds is 8. The summed E-state index contributed by atoms with van der Waals surface area (Å²) in [6.45, 7) is 9.45. The van der Waals surface area contributed by atoms with Crippen molar-refractivity contribution in [1.29, 1.82) is 0 Å². The van der Waals surface area contributed by atoms with E-state index in [0.717, 1.165) is 18.5 Å². The summed E-state index contributed by atoms with van der Waals surface area (Å²) in [6.07, 6.45) is 0.828. The number of sulfonamides is 1. The molecule has 0 saturated carbocycles. The van der Waals surface area contributed by atoms with E-state index in [-0.39, 0.29) is 6.04 Å². The summed E-state index contributed by atoms with van der Waals surface area (Å²) in [7, 11) is -3.46. The van der Waals surface area contributed by atoms with Gasteiger partial charge in [-0.1, -0.05) is 39.0 Å². The van der Waals surface area contributed by atoms with Crippen LogP contribution in [-0.2, 0) is 16.6 Å². The van der Waals surface area contributed by atoms with Gasteiger partial charge in [0.2, 0.25) is 10.0 Å². The van der Waals surface area contributed by atoms with Crippen LogP contribution < -0.4 is 10.0 Å². The number of nitrogens with one attached hydrogen (secondary N) is 2. The molecule has 114 valence electrons. The summed E-state index contributed by atoms with van der Waals surface area (Å²) in [5.74, 6) is 0.463. The minimum atomic E-state index is -3.46. The lowest BCUT2D eigenvalue weighted by atomic mass is 10.1. The zero-order valence-electron chi connectivity index (χ0n) is 12.8. The molecule has 0 spiro atoms. The van der Waals surface area contributed by atoms with E-state index in [9.17, 15) is 8.42 Å². The van der Waals surface area contributed by atoms with Crippen LogP contribution in [0, 0.1) is 5.92 Å². The van der Waals surface area contributed by atoms with E-state index in [1.807, 2.05) is 26.0 Å². The standard InChI is InChI=1S/C15H26N2O2S/c1-5-16-11-14-8-6-7-9-15(14)20(18,19)17-13(4)10-12(2)3/h6-9,12-13,16-17H,5,10-11H2,1-4H3. The van der Waals surface area contributed by atoms with Gasteiger partial charge in [0.25, 0.3) is 0 Å². The van der Waals surface area contributed by atoms with Crippen LogP contribution in [0.5, 0.6) is 0 Å². The first kappa shape index (κ1) is 17.1. The molecule has 4 nitrogen and oxygen atoms in total. The van der Waals surface area contributed by atoms with Crippen LogP contribution >= 0.6 is 0 Å². The second kappa shape index (κ2) is 7.76. The molecule has 0 aliphatic heterocycles. The maximum atomic E-state index is 12.5. The predicted molar refractivity (Wildman–Crippen MR) is 83.1 cm³/mol. The highest BCUT2D eigenvalue weighted by Gasteiger charge is 2.20. The van der Waals surface area contributed by atoms with Crippen molar-refractivity contribution in [3.05, 3.63) is 29.8 Å². The van der Waals surface area contributed by atoms with Gasteiger partial charge in [-0.3, -0.25) is 0 Å². The lowest BCUT2D eigenvalue weighted by molar-refractivity contribution is 0.482. The molecule has 0 heterocycles. The third-order valence-electron chi connectivity index (χ3n) is 3.01. The largest absolute Gasteiger partial charge is 0.313 e. The number of benzene rings is 1. The number of hydrogen-bond acceptors (Lipinski definition) is 3. The van der Waals surface area contributed by atoms with E-state index >= 15 is 0 Å². The number of hydrogen-bond donors (Lipinski definition) is 2. The van der Waals surface area contributed by atoms with Gasteiger partial charge in [-0.25, -0.2) is 13.1 Å². The molecule has 1 atom stereocenters. The Morgan fingerprint density at radius 1 is 1.15 bits per heavy atom. The van der Waals surface area contributed by atoms with Gasteiger partial charge in [-0.05, 0) is 37.4 Å². The van der Waals surface area contributed by atoms with Crippen molar-refractivity contribution >= 4 is 10.0 Å². The van der Waals surface area contributed by atoms with E-state index in [1.54, 1.807) is 12.1 Å². The summed E-state index contributed by atoms with van der Waals surface area (Å²) < 4.78 is 27.7. The molecular weight excluding hydrogens is 272 g/mol. The van der Waals surface area contributed by atoms with Crippen LogP contribution in [0.1, 0.15) is 39.7 Å². The first-order chi connectivity index (χ1) is 9.36. The Bertz CT molecular complexity index is 512. The average Bonchev–Trinajstić information content (AvgIpc) is 2.34. The van der Waals surface area contributed by atoms with Crippen LogP contribution in [0.15, 0.2) is 29.2 Å². The molecule has 0 aromatic heterocycles. The molecule has 0 aliphatic rings. The molecule has 0 aliphatic carbocycles. The first-order valence-electron chi connectivity index (χ1n) is 7.17. The summed E-state index contributed by atoms with van der Waals surface area (Å²) >= 11 is 0. The maximum absolute atomic E-state index is 12.5. The molecule has 5 heteroatoms. The summed E-state index contributed by atoms with van der Waals surface area (Å²) in [5, 5.41) is 3.17. The second-order valence-corrected chi connectivity index (χ2v) is 7.22. The van der Waals surface area contributed by atoms with E-state index in [2.05, 4.69) is 23.9 Å². The van der Waals surface area contributed by atoms with Crippen LogP contribution in [0.3, 0.4) is 0 Å². The fraction of sp³-hybridized carbons (Fsp3) is 0.600. The quantitative estimate of drug-likeness (QED) is 0.775. The van der Waals surface area contributed by atoms with Crippen molar-refractivity contribution in [3.63, 3.8) is 0 Å². The normalized spacial score (nSPS) is 13.7. The highest BCUT2D eigenvalue weighted by atomic mass is 32.2. The van der Waals surface area contributed by atoms with Crippen LogP contribution in [0.4, 0.5) is 0 Å². The van der Waals surface area contributed by atoms with Crippen molar-refractivity contribution in [2.45, 2.75) is 51.6 Å². The molecule has 1 aromatic rings. The molecule has 0 fully saturated rings. The Balaban J connectivity index is 2.91. The third-order valence-corrected chi connectivity index (χ3v) is 4.70. The zero-order valence-corrected chi connectivity index (χ0v) is 13.6. The smallest absolute Gasteiger partial charge is 0.241 e. The molecule has 0 saturated heterocycles. The summed E-state index contributed by atoms with van der Waals surface area (Å²) in [4.78, 5) is 0.372. The zero-order chi connectivity index (χ0) is 15.2. The van der Waals surface area contributed by atoms with Gasteiger partial charge >= 0.3 is 0 Å². The Morgan fingerprint density at radius 2 is 1.80 bits per heavy atom. The van der Waals surface area contributed by atoms with E-state index in [1.165, 1.54) is 0 Å². The van der Waals surface area contributed by atoms with Gasteiger partial charge in [0.1, 0.15) is 0 Å². The van der Waals surface area contributed by atoms with Crippen LogP contribution in [0.25, 0.3) is 0 Å². The minimum Gasteiger partial charge on any atom is -0.313 e. The van der Waals surface area contributed by atoms with Gasteiger partial charge in [0.05, 0.1) is 4.90 Å². The second-order valence-electron chi connectivity index (χ2n) is 5.54. The molecule has 1 aromatic carbocycles. The third kappa shape index (κ3) is 5.23. The van der Waals surface area contributed by atoms with E-state index in [0.29, 0.717) is 17.4 Å². The highest BCUT2D eigenvalue weighted by molar-refractivity contribution is 7.89. The van der Waals surface area contributed by atoms with Gasteiger partial charge in [-0.2, -0.15) is 0 Å². The Morgan fingerprint density at radius 3 is 2.40 bits per heavy atom. The van der Waals surface area contributed by atoms with Gasteiger partial charge in [0, 0.05) is 12.6 Å². The lowest BCUT2D eigenvalue weighted by Gasteiger charge is -2.18. The van der Waals surface area contributed by atoms with Crippen LogP contribution in [-0.4, -0.2) is 21.0 Å². The molecule has 0 bridgehead atoms. The Kier molecular flexibility index (Phi) is 6.65. The molecule has 2 N–H and O–H groups in total. The molecule has 20 heavy (non-hydrogen) atoms. The minimum absolute atomic E-state index is 0.0628. The lowest BCUT2D eigenvalue weighted by Crippen LogP contribution is -2.34. The molecular formula is C15H26N2O2S. The summed E-state index contributed by atoms with van der Waals surface area (Å²) in [6, 6.07) is 7.08. The molecule has 0 radical (unpaired) electrons. The fourth-order valence-corrected chi connectivity index (χ4v) is 3.75. The van der Waals surface area contributed by atoms with Crippen molar-refractivity contribution < 1.29 is 8.42 Å². The van der Waals surface area contributed by atoms with E-state index in [4.69, 9.17) is 0 Å². The predicted octanol–water partition coefficient (Wildman–Crippen LogP) is 2.51. The highest BCUT2D eigenvalue weighted by Crippen LogP contribution is 2.16. The SMILES string of the molecule is CCNCc1ccccc1S(=O)(=O)NC(C)CC(C)C. The average molecular weight is 298 g/mol.